The molecular weight excluding hydrogens is 262 g/mol. The van der Waals surface area contributed by atoms with Gasteiger partial charge in [0.2, 0.25) is 11.7 Å². The van der Waals surface area contributed by atoms with Crippen LogP contribution in [0.2, 0.25) is 0 Å². The van der Waals surface area contributed by atoms with Crippen LogP contribution in [0, 0.1) is 5.92 Å². The van der Waals surface area contributed by atoms with Crippen LogP contribution >= 0.6 is 0 Å². The summed E-state index contributed by atoms with van der Waals surface area (Å²) < 4.78 is 5.31. The van der Waals surface area contributed by atoms with Crippen molar-refractivity contribution in [3.05, 3.63) is 48.4 Å². The van der Waals surface area contributed by atoms with Crippen molar-refractivity contribution >= 4 is 10.8 Å². The van der Waals surface area contributed by atoms with Crippen molar-refractivity contribution < 1.29 is 4.52 Å². The summed E-state index contributed by atoms with van der Waals surface area (Å²) in [7, 11) is 0. The molecule has 0 amide bonds. The lowest BCUT2D eigenvalue weighted by atomic mass is 10.0. The van der Waals surface area contributed by atoms with Crippen LogP contribution in [0.5, 0.6) is 0 Å². The van der Waals surface area contributed by atoms with Gasteiger partial charge in [0.1, 0.15) is 0 Å². The Morgan fingerprint density at radius 1 is 1.10 bits per heavy atom. The van der Waals surface area contributed by atoms with Crippen molar-refractivity contribution in [2.75, 3.05) is 0 Å². The Bertz CT molecular complexity index is 748. The van der Waals surface area contributed by atoms with E-state index in [0.29, 0.717) is 17.6 Å². The topological polar surface area (TPSA) is 64.9 Å². The van der Waals surface area contributed by atoms with Crippen LogP contribution in [0.3, 0.4) is 0 Å². The Labute approximate surface area is 124 Å². The molecule has 1 heterocycles. The Kier molecular flexibility index (Phi) is 3.71. The zero-order valence-corrected chi connectivity index (χ0v) is 12.3. The second kappa shape index (κ2) is 5.66. The Balaban J connectivity index is 1.90. The molecule has 0 saturated carbocycles. The zero-order valence-electron chi connectivity index (χ0n) is 12.3. The largest absolute Gasteiger partial charge is 0.337 e. The number of nitrogens with zero attached hydrogens (tertiary/aromatic N) is 2. The van der Waals surface area contributed by atoms with Crippen LogP contribution in [0.1, 0.15) is 32.2 Å². The molecule has 0 spiro atoms. The normalized spacial score (nSPS) is 13.0. The predicted molar refractivity (Wildman–Crippen MR) is 83.6 cm³/mol. The van der Waals surface area contributed by atoms with Gasteiger partial charge in [-0.25, -0.2) is 0 Å². The maximum Gasteiger partial charge on any atom is 0.243 e. The summed E-state index contributed by atoms with van der Waals surface area (Å²) in [4.78, 5) is 4.44. The van der Waals surface area contributed by atoms with Crippen molar-refractivity contribution in [2.24, 2.45) is 11.7 Å². The Morgan fingerprint density at radius 3 is 2.62 bits per heavy atom. The number of aromatic nitrogens is 2. The molecule has 2 aromatic carbocycles. The first-order chi connectivity index (χ1) is 10.1. The van der Waals surface area contributed by atoms with Gasteiger partial charge >= 0.3 is 0 Å². The number of benzene rings is 2. The highest BCUT2D eigenvalue weighted by Gasteiger charge is 2.16. The smallest absolute Gasteiger partial charge is 0.243 e. The van der Waals surface area contributed by atoms with Gasteiger partial charge in [0.25, 0.3) is 0 Å². The molecule has 0 unspecified atom stereocenters. The molecule has 4 heteroatoms. The molecular formula is C17H19N3O. The molecule has 2 N–H and O–H groups in total. The van der Waals surface area contributed by atoms with Crippen molar-refractivity contribution in [1.29, 1.82) is 0 Å². The SMILES string of the molecule is CC(C)C[C@H](N)c1nc(-c2ccc3ccccc3c2)no1. The van der Waals surface area contributed by atoms with Crippen LogP contribution < -0.4 is 5.73 Å². The molecule has 21 heavy (non-hydrogen) atoms. The number of rotatable bonds is 4. The molecule has 0 saturated heterocycles. The van der Waals surface area contributed by atoms with Crippen molar-refractivity contribution in [3.8, 4) is 11.4 Å². The minimum atomic E-state index is -0.202. The van der Waals surface area contributed by atoms with Crippen LogP contribution in [-0.2, 0) is 0 Å². The highest BCUT2D eigenvalue weighted by molar-refractivity contribution is 5.86. The van der Waals surface area contributed by atoms with Crippen LogP contribution in [0.25, 0.3) is 22.2 Å². The summed E-state index contributed by atoms with van der Waals surface area (Å²) in [6, 6.07) is 14.1. The predicted octanol–water partition coefficient (Wildman–Crippen LogP) is 3.94. The van der Waals surface area contributed by atoms with E-state index in [1.54, 1.807) is 0 Å². The van der Waals surface area contributed by atoms with E-state index in [1.165, 1.54) is 5.39 Å². The number of nitrogens with two attached hydrogens (primary N) is 1. The van der Waals surface area contributed by atoms with Gasteiger partial charge in [-0.05, 0) is 29.2 Å². The van der Waals surface area contributed by atoms with E-state index in [2.05, 4.69) is 48.3 Å². The van der Waals surface area contributed by atoms with Crippen LogP contribution in [0.4, 0.5) is 0 Å². The van der Waals surface area contributed by atoms with E-state index in [4.69, 9.17) is 10.3 Å². The highest BCUT2D eigenvalue weighted by Crippen LogP contribution is 2.24. The lowest BCUT2D eigenvalue weighted by molar-refractivity contribution is 0.335. The lowest BCUT2D eigenvalue weighted by Gasteiger charge is -2.08. The van der Waals surface area contributed by atoms with Gasteiger partial charge in [0.15, 0.2) is 0 Å². The summed E-state index contributed by atoms with van der Waals surface area (Å²) in [5.41, 5.74) is 7.03. The van der Waals surface area contributed by atoms with E-state index in [0.717, 1.165) is 17.4 Å². The standard InChI is InChI=1S/C17H19N3O/c1-11(2)9-15(18)17-19-16(20-21-17)14-8-7-12-5-3-4-6-13(12)10-14/h3-8,10-11,15H,9,18H2,1-2H3/t15-/m0/s1. The maximum atomic E-state index is 6.08. The van der Waals surface area contributed by atoms with E-state index in [1.807, 2.05) is 18.2 Å². The second-order valence-corrected chi connectivity index (χ2v) is 5.75. The molecule has 0 aliphatic carbocycles. The van der Waals surface area contributed by atoms with Gasteiger partial charge in [-0.15, -0.1) is 0 Å². The first-order valence-corrected chi connectivity index (χ1v) is 7.22. The molecule has 3 rings (SSSR count). The molecule has 0 fully saturated rings. The van der Waals surface area contributed by atoms with E-state index in [9.17, 15) is 0 Å². The fourth-order valence-electron chi connectivity index (χ4n) is 2.44. The maximum absolute atomic E-state index is 6.08. The molecule has 3 aromatic rings. The monoisotopic (exact) mass is 281 g/mol. The first kappa shape index (κ1) is 13.8. The lowest BCUT2D eigenvalue weighted by Crippen LogP contribution is -2.13. The third kappa shape index (κ3) is 2.95. The van der Waals surface area contributed by atoms with Gasteiger partial charge in [-0.2, -0.15) is 4.98 Å². The zero-order chi connectivity index (χ0) is 14.8. The third-order valence-corrected chi connectivity index (χ3v) is 3.49. The fourth-order valence-corrected chi connectivity index (χ4v) is 2.44. The van der Waals surface area contributed by atoms with E-state index < -0.39 is 0 Å². The average Bonchev–Trinajstić information content (AvgIpc) is 2.96. The van der Waals surface area contributed by atoms with Crippen molar-refractivity contribution in [1.82, 2.24) is 10.1 Å². The molecule has 0 aliphatic rings. The van der Waals surface area contributed by atoms with Gasteiger partial charge in [0.05, 0.1) is 6.04 Å². The van der Waals surface area contributed by atoms with E-state index in [-0.39, 0.29) is 6.04 Å². The molecule has 0 radical (unpaired) electrons. The van der Waals surface area contributed by atoms with Crippen LogP contribution in [0.15, 0.2) is 47.0 Å². The van der Waals surface area contributed by atoms with Gasteiger partial charge in [-0.1, -0.05) is 55.4 Å². The highest BCUT2D eigenvalue weighted by atomic mass is 16.5. The number of hydrogen-bond acceptors (Lipinski definition) is 4. The molecule has 108 valence electrons. The minimum absolute atomic E-state index is 0.202. The van der Waals surface area contributed by atoms with E-state index >= 15 is 0 Å². The minimum Gasteiger partial charge on any atom is -0.337 e. The average molecular weight is 281 g/mol. The summed E-state index contributed by atoms with van der Waals surface area (Å²) in [6.07, 6.45) is 0.833. The Hall–Kier alpha value is -2.20. The summed E-state index contributed by atoms with van der Waals surface area (Å²) in [6.45, 7) is 4.25. The first-order valence-electron chi connectivity index (χ1n) is 7.22. The second-order valence-electron chi connectivity index (χ2n) is 5.75. The quantitative estimate of drug-likeness (QED) is 0.786. The van der Waals surface area contributed by atoms with Crippen LogP contribution in [-0.4, -0.2) is 10.1 Å². The van der Waals surface area contributed by atoms with Crippen molar-refractivity contribution in [2.45, 2.75) is 26.3 Å². The third-order valence-electron chi connectivity index (χ3n) is 3.49. The Morgan fingerprint density at radius 2 is 1.86 bits per heavy atom. The van der Waals surface area contributed by atoms with Gasteiger partial charge < -0.3 is 10.3 Å². The molecule has 0 aliphatic heterocycles. The number of fused-ring (bicyclic) bond motifs is 1. The molecule has 1 atom stereocenters. The van der Waals surface area contributed by atoms with Crippen molar-refractivity contribution in [3.63, 3.8) is 0 Å². The summed E-state index contributed by atoms with van der Waals surface area (Å²) in [5, 5.41) is 6.41. The fraction of sp³-hybridized carbons (Fsp3) is 0.294. The van der Waals surface area contributed by atoms with Gasteiger partial charge in [-0.3, -0.25) is 0 Å². The molecule has 0 bridgehead atoms. The molecule has 1 aromatic heterocycles. The van der Waals surface area contributed by atoms with Gasteiger partial charge in [0, 0.05) is 5.56 Å². The summed E-state index contributed by atoms with van der Waals surface area (Å²) in [5.74, 6) is 1.60. The molecule has 4 nitrogen and oxygen atoms in total. The number of hydrogen-bond donors (Lipinski definition) is 1. The summed E-state index contributed by atoms with van der Waals surface area (Å²) >= 11 is 0.